The van der Waals surface area contributed by atoms with Crippen LogP contribution < -0.4 is 5.32 Å². The monoisotopic (exact) mass is 360 g/mol. The summed E-state index contributed by atoms with van der Waals surface area (Å²) in [6.45, 7) is 5.37. The molecule has 1 aromatic heterocycles. The number of carbonyl (C=O) groups excluding carboxylic acids is 1. The number of nitrogens with one attached hydrogen (secondary N) is 1. The lowest BCUT2D eigenvalue weighted by molar-refractivity contribution is -0.124. The Hall–Kier alpha value is -2.18. The molecule has 0 aliphatic carbocycles. The number of morpholine rings is 1. The Morgan fingerprint density at radius 3 is 2.62 bits per heavy atom. The molecule has 6 heteroatoms. The zero-order chi connectivity index (χ0) is 18.4. The predicted molar refractivity (Wildman–Crippen MR) is 96.1 cm³/mol. The van der Waals surface area contributed by atoms with Crippen molar-refractivity contribution in [3.8, 4) is 0 Å². The topological polar surface area (TPSA) is 54.7 Å². The summed E-state index contributed by atoms with van der Waals surface area (Å²) < 4.78 is 24.0. The molecule has 2 atom stereocenters. The Bertz CT molecular complexity index is 682. The molecule has 1 fully saturated rings. The summed E-state index contributed by atoms with van der Waals surface area (Å²) in [7, 11) is 0. The molecule has 0 spiro atoms. The van der Waals surface area contributed by atoms with Crippen LogP contribution in [0.15, 0.2) is 47.1 Å². The molecule has 1 amide bonds. The van der Waals surface area contributed by atoms with Gasteiger partial charge in [-0.3, -0.25) is 9.69 Å². The maximum atomic E-state index is 13.0. The van der Waals surface area contributed by atoms with Crippen molar-refractivity contribution in [2.45, 2.75) is 19.4 Å². The summed E-state index contributed by atoms with van der Waals surface area (Å²) in [5.74, 6) is 0.373. The number of hydrogen-bond acceptors (Lipinski definition) is 4. The summed E-state index contributed by atoms with van der Waals surface area (Å²) in [6, 6.07) is 10.1. The molecular formula is C20H25FN2O3. The second-order valence-electron chi connectivity index (χ2n) is 6.66. The number of ether oxygens (including phenoxy) is 1. The van der Waals surface area contributed by atoms with Gasteiger partial charge in [-0.1, -0.05) is 19.1 Å². The molecule has 1 aliphatic rings. The number of rotatable bonds is 7. The number of halogens is 1. The second kappa shape index (κ2) is 8.96. The van der Waals surface area contributed by atoms with Crippen molar-refractivity contribution < 1.29 is 18.3 Å². The van der Waals surface area contributed by atoms with E-state index in [0.717, 1.165) is 24.4 Å². The Balaban J connectivity index is 1.57. The van der Waals surface area contributed by atoms with Crippen LogP contribution in [0.2, 0.25) is 0 Å². The Morgan fingerprint density at radius 1 is 1.23 bits per heavy atom. The Kier molecular flexibility index (Phi) is 6.41. The van der Waals surface area contributed by atoms with E-state index in [1.807, 2.05) is 19.1 Å². The van der Waals surface area contributed by atoms with Gasteiger partial charge in [-0.2, -0.15) is 0 Å². The van der Waals surface area contributed by atoms with Crippen molar-refractivity contribution in [3.63, 3.8) is 0 Å². The molecule has 140 valence electrons. The fourth-order valence-electron chi connectivity index (χ4n) is 3.22. The summed E-state index contributed by atoms with van der Waals surface area (Å²) in [6.07, 6.45) is 2.23. The molecule has 3 rings (SSSR count). The Morgan fingerprint density at radius 2 is 1.96 bits per heavy atom. The van der Waals surface area contributed by atoms with Crippen LogP contribution >= 0.6 is 0 Å². The number of hydrogen-bond donors (Lipinski definition) is 1. The molecule has 1 aromatic carbocycles. The van der Waals surface area contributed by atoms with Crippen LogP contribution in [0.4, 0.5) is 4.39 Å². The number of nitrogens with zero attached hydrogens (tertiary/aromatic N) is 1. The van der Waals surface area contributed by atoms with E-state index in [2.05, 4.69) is 10.2 Å². The average molecular weight is 360 g/mol. The lowest BCUT2D eigenvalue weighted by atomic mass is 10.00. The number of benzene rings is 1. The molecule has 26 heavy (non-hydrogen) atoms. The molecule has 2 heterocycles. The highest BCUT2D eigenvalue weighted by Gasteiger charge is 2.26. The van der Waals surface area contributed by atoms with Gasteiger partial charge in [0.1, 0.15) is 11.6 Å². The van der Waals surface area contributed by atoms with Crippen molar-refractivity contribution >= 4 is 5.91 Å². The summed E-state index contributed by atoms with van der Waals surface area (Å²) in [4.78, 5) is 14.8. The van der Waals surface area contributed by atoms with Gasteiger partial charge < -0.3 is 14.5 Å². The number of amides is 1. The summed E-state index contributed by atoms with van der Waals surface area (Å²) in [5, 5.41) is 3.04. The molecule has 0 saturated carbocycles. The van der Waals surface area contributed by atoms with Gasteiger partial charge in [0, 0.05) is 25.6 Å². The largest absolute Gasteiger partial charge is 0.468 e. The third-order valence-electron chi connectivity index (χ3n) is 4.73. The smallest absolute Gasteiger partial charge is 0.223 e. The molecule has 1 N–H and O–H groups in total. The zero-order valence-electron chi connectivity index (χ0n) is 15.0. The van der Waals surface area contributed by atoms with Crippen molar-refractivity contribution in [3.05, 3.63) is 59.8 Å². The molecule has 1 saturated heterocycles. The maximum absolute atomic E-state index is 13.0. The number of carbonyl (C=O) groups is 1. The first kappa shape index (κ1) is 18.6. The first-order chi connectivity index (χ1) is 12.6. The van der Waals surface area contributed by atoms with E-state index in [9.17, 15) is 9.18 Å². The molecule has 1 aliphatic heterocycles. The second-order valence-corrected chi connectivity index (χ2v) is 6.66. The molecule has 2 aromatic rings. The minimum Gasteiger partial charge on any atom is -0.468 e. The average Bonchev–Trinajstić information content (AvgIpc) is 3.19. The van der Waals surface area contributed by atoms with Gasteiger partial charge in [-0.25, -0.2) is 4.39 Å². The van der Waals surface area contributed by atoms with Gasteiger partial charge in [0.25, 0.3) is 0 Å². The van der Waals surface area contributed by atoms with Crippen LogP contribution in [0, 0.1) is 11.7 Å². The third-order valence-corrected chi connectivity index (χ3v) is 4.73. The molecular weight excluding hydrogens is 335 g/mol. The zero-order valence-corrected chi connectivity index (χ0v) is 15.0. The van der Waals surface area contributed by atoms with Crippen molar-refractivity contribution in [2.75, 3.05) is 32.8 Å². The first-order valence-corrected chi connectivity index (χ1v) is 9.01. The fraction of sp³-hybridized carbons (Fsp3) is 0.450. The normalized spacial score (nSPS) is 17.6. The van der Waals surface area contributed by atoms with E-state index < -0.39 is 0 Å². The Labute approximate surface area is 153 Å². The van der Waals surface area contributed by atoms with Crippen molar-refractivity contribution in [2.24, 2.45) is 5.92 Å². The van der Waals surface area contributed by atoms with E-state index in [1.54, 1.807) is 18.4 Å². The summed E-state index contributed by atoms with van der Waals surface area (Å²) >= 11 is 0. The van der Waals surface area contributed by atoms with E-state index in [1.165, 1.54) is 12.1 Å². The fourth-order valence-corrected chi connectivity index (χ4v) is 3.22. The lowest BCUT2D eigenvalue weighted by Crippen LogP contribution is -2.44. The van der Waals surface area contributed by atoms with Gasteiger partial charge in [-0.05, 0) is 36.2 Å². The highest BCUT2D eigenvalue weighted by Crippen LogP contribution is 2.22. The van der Waals surface area contributed by atoms with E-state index in [-0.39, 0.29) is 23.7 Å². The minimum absolute atomic E-state index is 0.00382. The van der Waals surface area contributed by atoms with Crippen LogP contribution in [0.3, 0.4) is 0 Å². The maximum Gasteiger partial charge on any atom is 0.223 e. The van der Waals surface area contributed by atoms with Crippen LogP contribution in [0.25, 0.3) is 0 Å². The van der Waals surface area contributed by atoms with Crippen LogP contribution in [-0.4, -0.2) is 43.7 Å². The highest BCUT2D eigenvalue weighted by molar-refractivity contribution is 5.78. The highest BCUT2D eigenvalue weighted by atomic mass is 19.1. The van der Waals surface area contributed by atoms with Crippen LogP contribution in [0.1, 0.15) is 24.3 Å². The first-order valence-electron chi connectivity index (χ1n) is 9.01. The quantitative estimate of drug-likeness (QED) is 0.825. The molecule has 0 radical (unpaired) electrons. The standard InChI is InChI=1S/C20H25FN2O3/c1-15(13-16-4-6-17(21)7-5-16)20(24)22-14-18(19-3-2-10-26-19)23-8-11-25-12-9-23/h2-7,10,15,18H,8-9,11-14H2,1H3,(H,22,24). The van der Waals surface area contributed by atoms with Gasteiger partial charge in [0.05, 0.1) is 25.5 Å². The number of furan rings is 1. The van der Waals surface area contributed by atoms with Gasteiger partial charge >= 0.3 is 0 Å². The van der Waals surface area contributed by atoms with E-state index in [0.29, 0.717) is 26.2 Å². The van der Waals surface area contributed by atoms with E-state index in [4.69, 9.17) is 9.15 Å². The summed E-state index contributed by atoms with van der Waals surface area (Å²) in [5.41, 5.74) is 0.949. The lowest BCUT2D eigenvalue weighted by Gasteiger charge is -2.33. The van der Waals surface area contributed by atoms with Crippen LogP contribution in [-0.2, 0) is 16.0 Å². The molecule has 0 bridgehead atoms. The van der Waals surface area contributed by atoms with Crippen molar-refractivity contribution in [1.29, 1.82) is 0 Å². The van der Waals surface area contributed by atoms with Crippen LogP contribution in [0.5, 0.6) is 0 Å². The molecule has 2 unspecified atom stereocenters. The minimum atomic E-state index is -0.266. The van der Waals surface area contributed by atoms with Crippen molar-refractivity contribution in [1.82, 2.24) is 10.2 Å². The van der Waals surface area contributed by atoms with Gasteiger partial charge in [0.15, 0.2) is 0 Å². The third kappa shape index (κ3) is 4.93. The predicted octanol–water partition coefficient (Wildman–Crippen LogP) is 2.79. The van der Waals surface area contributed by atoms with Gasteiger partial charge in [0.2, 0.25) is 5.91 Å². The van der Waals surface area contributed by atoms with E-state index >= 15 is 0 Å². The molecule has 5 nitrogen and oxygen atoms in total. The SMILES string of the molecule is CC(Cc1ccc(F)cc1)C(=O)NCC(c1ccco1)N1CCOCC1. The van der Waals surface area contributed by atoms with Gasteiger partial charge in [-0.15, -0.1) is 0 Å².